The molecule has 0 fully saturated rings. The van der Waals surface area contributed by atoms with Crippen LogP contribution in [0.15, 0.2) is 41.2 Å². The Hall–Kier alpha value is -2.61. The van der Waals surface area contributed by atoms with Crippen LogP contribution in [0.5, 0.6) is 0 Å². The summed E-state index contributed by atoms with van der Waals surface area (Å²) in [5.74, 6) is 0.304. The van der Waals surface area contributed by atoms with E-state index in [1.54, 1.807) is 24.3 Å². The van der Waals surface area contributed by atoms with Crippen molar-refractivity contribution in [3.63, 3.8) is 0 Å². The third-order valence-electron chi connectivity index (χ3n) is 2.30. The molecule has 17 heavy (non-hydrogen) atoms. The van der Waals surface area contributed by atoms with Gasteiger partial charge in [-0.15, -0.1) is 0 Å². The lowest BCUT2D eigenvalue weighted by molar-refractivity contribution is 0.644. The fourth-order valence-electron chi connectivity index (χ4n) is 1.44. The average molecular weight is 226 g/mol. The summed E-state index contributed by atoms with van der Waals surface area (Å²) >= 11 is 0. The molecule has 0 saturated heterocycles. The highest BCUT2D eigenvalue weighted by atomic mass is 16.1. The predicted molar refractivity (Wildman–Crippen MR) is 63.2 cm³/mol. The Bertz CT molecular complexity index is 622. The van der Waals surface area contributed by atoms with E-state index < -0.39 is 0 Å². The van der Waals surface area contributed by atoms with E-state index in [1.165, 1.54) is 16.8 Å². The number of rotatable bonds is 2. The monoisotopic (exact) mass is 226 g/mol. The minimum absolute atomic E-state index is 0.205. The molecular weight excluding hydrogens is 216 g/mol. The first-order valence-corrected chi connectivity index (χ1v) is 5.02. The molecule has 2 N–H and O–H groups in total. The van der Waals surface area contributed by atoms with Crippen LogP contribution in [-0.2, 0) is 6.54 Å². The first-order chi connectivity index (χ1) is 8.19. The fraction of sp³-hybridized carbons (Fsp3) is 0.0833. The summed E-state index contributed by atoms with van der Waals surface area (Å²) in [6.45, 7) is 0.343. The number of nitrogens with two attached hydrogens (primary N) is 1. The first kappa shape index (κ1) is 10.9. The summed E-state index contributed by atoms with van der Waals surface area (Å²) in [6.07, 6.45) is 0. The van der Waals surface area contributed by atoms with E-state index in [0.29, 0.717) is 17.9 Å². The van der Waals surface area contributed by atoms with Crippen molar-refractivity contribution in [1.82, 2.24) is 9.78 Å². The maximum atomic E-state index is 11.5. The van der Waals surface area contributed by atoms with Gasteiger partial charge in [0.25, 0.3) is 5.56 Å². The number of nitrogen functional groups attached to an aromatic ring is 1. The van der Waals surface area contributed by atoms with Gasteiger partial charge in [0.2, 0.25) is 0 Å². The molecule has 84 valence electrons. The smallest absolute Gasteiger partial charge is 0.267 e. The third-order valence-corrected chi connectivity index (χ3v) is 2.30. The summed E-state index contributed by atoms with van der Waals surface area (Å²) in [5.41, 5.74) is 6.79. The van der Waals surface area contributed by atoms with Crippen molar-refractivity contribution in [3.8, 4) is 6.07 Å². The van der Waals surface area contributed by atoms with E-state index in [-0.39, 0.29) is 5.56 Å². The zero-order chi connectivity index (χ0) is 12.3. The van der Waals surface area contributed by atoms with Crippen molar-refractivity contribution in [1.29, 1.82) is 5.26 Å². The van der Waals surface area contributed by atoms with Gasteiger partial charge in [0, 0.05) is 6.07 Å². The number of aromatic nitrogens is 2. The van der Waals surface area contributed by atoms with Gasteiger partial charge >= 0.3 is 0 Å². The molecule has 2 aromatic rings. The molecule has 0 radical (unpaired) electrons. The summed E-state index contributed by atoms with van der Waals surface area (Å²) in [6, 6.07) is 11.9. The van der Waals surface area contributed by atoms with Crippen molar-refractivity contribution in [2.45, 2.75) is 6.54 Å². The molecule has 5 heteroatoms. The van der Waals surface area contributed by atoms with Crippen LogP contribution in [-0.4, -0.2) is 9.78 Å². The fourth-order valence-corrected chi connectivity index (χ4v) is 1.44. The van der Waals surface area contributed by atoms with E-state index >= 15 is 0 Å². The second kappa shape index (κ2) is 4.49. The lowest BCUT2D eigenvalue weighted by Crippen LogP contribution is -2.23. The van der Waals surface area contributed by atoms with Gasteiger partial charge < -0.3 is 5.73 Å². The van der Waals surface area contributed by atoms with E-state index in [1.807, 2.05) is 6.07 Å². The van der Waals surface area contributed by atoms with Crippen LogP contribution in [0.2, 0.25) is 0 Å². The minimum Gasteiger partial charge on any atom is -0.382 e. The second-order valence-electron chi connectivity index (χ2n) is 3.56. The summed E-state index contributed by atoms with van der Waals surface area (Å²) in [5, 5.41) is 12.6. The number of nitriles is 1. The van der Waals surface area contributed by atoms with Crippen molar-refractivity contribution in [2.75, 3.05) is 5.73 Å². The molecule has 0 spiro atoms. The molecule has 0 unspecified atom stereocenters. The standard InChI is InChI=1S/C12H10N4O/c13-7-9-1-3-10(4-2-9)8-16-12(17)6-5-11(14)15-16/h1-6H,8H2,(H2,14,15). The van der Waals surface area contributed by atoms with Gasteiger partial charge in [-0.05, 0) is 23.8 Å². The van der Waals surface area contributed by atoms with Crippen LogP contribution in [0.3, 0.4) is 0 Å². The van der Waals surface area contributed by atoms with Gasteiger partial charge in [-0.2, -0.15) is 10.4 Å². The molecule has 0 bridgehead atoms. The molecule has 1 aromatic heterocycles. The van der Waals surface area contributed by atoms with E-state index in [9.17, 15) is 4.79 Å². The highest BCUT2D eigenvalue weighted by Gasteiger charge is 2.00. The molecule has 0 atom stereocenters. The Kier molecular flexibility index (Phi) is 2.88. The first-order valence-electron chi connectivity index (χ1n) is 5.02. The number of anilines is 1. The molecule has 1 aromatic carbocycles. The quantitative estimate of drug-likeness (QED) is 0.818. The van der Waals surface area contributed by atoms with Crippen molar-refractivity contribution in [2.24, 2.45) is 0 Å². The van der Waals surface area contributed by atoms with Crippen LogP contribution in [0, 0.1) is 11.3 Å². The SMILES string of the molecule is N#Cc1ccc(Cn2nc(N)ccc2=O)cc1. The Labute approximate surface area is 97.7 Å². The summed E-state index contributed by atoms with van der Waals surface area (Å²) in [4.78, 5) is 11.5. The Balaban J connectivity index is 2.28. The van der Waals surface area contributed by atoms with Crippen LogP contribution < -0.4 is 11.3 Å². The topological polar surface area (TPSA) is 84.7 Å². The minimum atomic E-state index is -0.205. The number of benzene rings is 1. The Morgan fingerprint density at radius 2 is 1.94 bits per heavy atom. The number of hydrogen-bond donors (Lipinski definition) is 1. The van der Waals surface area contributed by atoms with E-state index in [0.717, 1.165) is 5.56 Å². The Morgan fingerprint density at radius 3 is 2.59 bits per heavy atom. The van der Waals surface area contributed by atoms with E-state index in [2.05, 4.69) is 5.10 Å². The lowest BCUT2D eigenvalue weighted by atomic mass is 10.1. The molecule has 2 rings (SSSR count). The maximum Gasteiger partial charge on any atom is 0.267 e. The molecule has 0 amide bonds. The van der Waals surface area contributed by atoms with Gasteiger partial charge in [0.1, 0.15) is 5.82 Å². The average Bonchev–Trinajstić information content (AvgIpc) is 2.35. The van der Waals surface area contributed by atoms with E-state index in [4.69, 9.17) is 11.0 Å². The van der Waals surface area contributed by atoms with Gasteiger partial charge in [0.05, 0.1) is 18.2 Å². The normalized spacial score (nSPS) is 9.82. The predicted octanol–water partition coefficient (Wildman–Crippen LogP) is 0.745. The molecule has 0 saturated carbocycles. The highest BCUT2D eigenvalue weighted by Crippen LogP contribution is 2.04. The van der Waals surface area contributed by atoms with Crippen molar-refractivity contribution in [3.05, 3.63) is 57.9 Å². The van der Waals surface area contributed by atoms with Crippen molar-refractivity contribution < 1.29 is 0 Å². The van der Waals surface area contributed by atoms with Gasteiger partial charge in [-0.3, -0.25) is 4.79 Å². The van der Waals surface area contributed by atoms with Crippen LogP contribution in [0.4, 0.5) is 5.82 Å². The largest absolute Gasteiger partial charge is 0.382 e. The maximum absolute atomic E-state index is 11.5. The summed E-state index contributed by atoms with van der Waals surface area (Å²) < 4.78 is 1.29. The zero-order valence-corrected chi connectivity index (χ0v) is 9.00. The Morgan fingerprint density at radius 1 is 1.24 bits per heavy atom. The van der Waals surface area contributed by atoms with Crippen LogP contribution >= 0.6 is 0 Å². The third kappa shape index (κ3) is 2.49. The molecule has 0 aliphatic heterocycles. The van der Waals surface area contributed by atoms with Gasteiger partial charge in [0.15, 0.2) is 0 Å². The lowest BCUT2D eigenvalue weighted by Gasteiger charge is -2.04. The van der Waals surface area contributed by atoms with Crippen LogP contribution in [0.25, 0.3) is 0 Å². The number of nitrogens with zero attached hydrogens (tertiary/aromatic N) is 3. The zero-order valence-electron chi connectivity index (χ0n) is 9.00. The molecule has 0 aliphatic rings. The molecular formula is C12H10N4O. The van der Waals surface area contributed by atoms with Crippen LogP contribution in [0.1, 0.15) is 11.1 Å². The molecule has 1 heterocycles. The summed E-state index contributed by atoms with van der Waals surface area (Å²) in [7, 11) is 0. The molecule has 0 aliphatic carbocycles. The second-order valence-corrected chi connectivity index (χ2v) is 3.56. The van der Waals surface area contributed by atoms with Gasteiger partial charge in [-0.25, -0.2) is 4.68 Å². The van der Waals surface area contributed by atoms with Crippen molar-refractivity contribution >= 4 is 5.82 Å². The molecule has 5 nitrogen and oxygen atoms in total. The number of hydrogen-bond acceptors (Lipinski definition) is 4. The highest BCUT2D eigenvalue weighted by molar-refractivity contribution is 5.31. The van der Waals surface area contributed by atoms with Gasteiger partial charge in [-0.1, -0.05) is 12.1 Å².